The summed E-state index contributed by atoms with van der Waals surface area (Å²) in [6, 6.07) is 0. The molecule has 2 rings (SSSR count). The van der Waals surface area contributed by atoms with E-state index in [1.165, 1.54) is 12.8 Å². The lowest BCUT2D eigenvalue weighted by Gasteiger charge is -2.26. The normalized spacial score (nSPS) is 43.9. The highest BCUT2D eigenvalue weighted by Gasteiger charge is 2.49. The summed E-state index contributed by atoms with van der Waals surface area (Å²) in [5, 5.41) is 0. The van der Waals surface area contributed by atoms with Crippen molar-refractivity contribution in [3.63, 3.8) is 0 Å². The number of ether oxygens (including phenoxy) is 2. The van der Waals surface area contributed by atoms with E-state index in [9.17, 15) is 0 Å². The Balaban J connectivity index is 1.92. The van der Waals surface area contributed by atoms with Crippen LogP contribution in [0.25, 0.3) is 0 Å². The summed E-state index contributed by atoms with van der Waals surface area (Å²) in [6.07, 6.45) is 3.67. The van der Waals surface area contributed by atoms with Crippen LogP contribution in [0, 0.1) is 5.92 Å². The summed E-state index contributed by atoms with van der Waals surface area (Å²) >= 11 is 0. The molecule has 0 saturated carbocycles. The second kappa shape index (κ2) is 2.76. The van der Waals surface area contributed by atoms with Gasteiger partial charge in [-0.1, -0.05) is 6.92 Å². The smallest absolute Gasteiger partial charge is 0.0963 e. The molecule has 0 spiro atoms. The average molecular weight is 156 g/mol. The molecule has 64 valence electrons. The van der Waals surface area contributed by atoms with Crippen LogP contribution in [0.3, 0.4) is 0 Å². The third-order valence-electron chi connectivity index (χ3n) is 3.02. The minimum absolute atomic E-state index is 0.237. The van der Waals surface area contributed by atoms with Crippen molar-refractivity contribution in [2.45, 2.75) is 31.8 Å². The highest BCUT2D eigenvalue weighted by molar-refractivity contribution is 4.97. The van der Waals surface area contributed by atoms with Crippen LogP contribution in [0.4, 0.5) is 0 Å². The largest absolute Gasteiger partial charge is 0.381 e. The first-order valence-corrected chi connectivity index (χ1v) is 4.59. The Kier molecular flexibility index (Phi) is 1.90. The molecule has 2 saturated heterocycles. The van der Waals surface area contributed by atoms with Crippen molar-refractivity contribution in [3.05, 3.63) is 0 Å². The van der Waals surface area contributed by atoms with E-state index in [1.54, 1.807) is 0 Å². The van der Waals surface area contributed by atoms with Crippen LogP contribution >= 0.6 is 0 Å². The van der Waals surface area contributed by atoms with Gasteiger partial charge in [0.25, 0.3) is 0 Å². The number of rotatable bonds is 2. The van der Waals surface area contributed by atoms with Crippen LogP contribution in [0.1, 0.15) is 26.2 Å². The van der Waals surface area contributed by atoms with Crippen molar-refractivity contribution in [2.75, 3.05) is 19.8 Å². The van der Waals surface area contributed by atoms with Crippen molar-refractivity contribution in [2.24, 2.45) is 5.92 Å². The van der Waals surface area contributed by atoms with Gasteiger partial charge in [0.15, 0.2) is 0 Å². The van der Waals surface area contributed by atoms with E-state index in [0.717, 1.165) is 26.2 Å². The standard InChI is InChI=1S/C9H16O2/c1-2-9(7-11-9)8-4-3-5-10-6-8/h8H,2-7H2,1H3. The molecule has 2 aliphatic heterocycles. The van der Waals surface area contributed by atoms with Crippen LogP contribution in [0.15, 0.2) is 0 Å². The van der Waals surface area contributed by atoms with Crippen molar-refractivity contribution in [1.29, 1.82) is 0 Å². The van der Waals surface area contributed by atoms with Crippen molar-refractivity contribution < 1.29 is 9.47 Å². The third kappa shape index (κ3) is 1.30. The summed E-state index contributed by atoms with van der Waals surface area (Å²) in [5.41, 5.74) is 0.237. The van der Waals surface area contributed by atoms with Crippen LogP contribution in [0.2, 0.25) is 0 Å². The highest BCUT2D eigenvalue weighted by atomic mass is 16.6. The molecule has 2 heterocycles. The highest BCUT2D eigenvalue weighted by Crippen LogP contribution is 2.42. The molecule has 0 radical (unpaired) electrons. The van der Waals surface area contributed by atoms with Gasteiger partial charge in [0, 0.05) is 12.5 Å². The van der Waals surface area contributed by atoms with E-state index in [-0.39, 0.29) is 5.60 Å². The first kappa shape index (κ1) is 7.56. The maximum atomic E-state index is 5.50. The van der Waals surface area contributed by atoms with E-state index in [2.05, 4.69) is 6.92 Å². The Morgan fingerprint density at radius 2 is 2.36 bits per heavy atom. The first-order chi connectivity index (χ1) is 5.37. The molecule has 0 aromatic rings. The van der Waals surface area contributed by atoms with Gasteiger partial charge in [-0.2, -0.15) is 0 Å². The van der Waals surface area contributed by atoms with Crippen LogP contribution in [0.5, 0.6) is 0 Å². The molecule has 0 amide bonds. The van der Waals surface area contributed by atoms with Crippen molar-refractivity contribution in [1.82, 2.24) is 0 Å². The van der Waals surface area contributed by atoms with Crippen molar-refractivity contribution >= 4 is 0 Å². The van der Waals surface area contributed by atoms with Crippen LogP contribution < -0.4 is 0 Å². The minimum atomic E-state index is 0.237. The van der Waals surface area contributed by atoms with Crippen LogP contribution in [-0.4, -0.2) is 25.4 Å². The molecule has 2 aliphatic rings. The number of epoxide rings is 1. The molecule has 2 unspecified atom stereocenters. The van der Waals surface area contributed by atoms with Gasteiger partial charge >= 0.3 is 0 Å². The molecule has 2 fully saturated rings. The van der Waals surface area contributed by atoms with E-state index >= 15 is 0 Å². The molecule has 0 aromatic heterocycles. The van der Waals surface area contributed by atoms with Crippen LogP contribution in [-0.2, 0) is 9.47 Å². The Hall–Kier alpha value is -0.0800. The fraction of sp³-hybridized carbons (Fsp3) is 1.00. The molecular formula is C9H16O2. The fourth-order valence-corrected chi connectivity index (χ4v) is 1.98. The van der Waals surface area contributed by atoms with Gasteiger partial charge < -0.3 is 9.47 Å². The summed E-state index contributed by atoms with van der Waals surface area (Å²) in [4.78, 5) is 0. The molecule has 0 N–H and O–H groups in total. The van der Waals surface area contributed by atoms with Gasteiger partial charge in [-0.25, -0.2) is 0 Å². The van der Waals surface area contributed by atoms with E-state index in [4.69, 9.17) is 9.47 Å². The lowest BCUT2D eigenvalue weighted by Crippen LogP contribution is -2.31. The van der Waals surface area contributed by atoms with Gasteiger partial charge in [-0.3, -0.25) is 0 Å². The SMILES string of the molecule is CCC1(C2CCCOC2)CO1. The van der Waals surface area contributed by atoms with Crippen molar-refractivity contribution in [3.8, 4) is 0 Å². The predicted octanol–water partition coefficient (Wildman–Crippen LogP) is 1.59. The minimum Gasteiger partial charge on any atom is -0.381 e. The molecule has 0 aromatic carbocycles. The molecule has 0 aliphatic carbocycles. The first-order valence-electron chi connectivity index (χ1n) is 4.59. The lowest BCUT2D eigenvalue weighted by molar-refractivity contribution is 0.0177. The molecule has 2 nitrogen and oxygen atoms in total. The Morgan fingerprint density at radius 1 is 1.55 bits per heavy atom. The summed E-state index contributed by atoms with van der Waals surface area (Å²) in [6.45, 7) is 5.06. The van der Waals surface area contributed by atoms with E-state index in [0.29, 0.717) is 5.92 Å². The Bertz CT molecular complexity index is 134. The van der Waals surface area contributed by atoms with Gasteiger partial charge in [0.2, 0.25) is 0 Å². The monoisotopic (exact) mass is 156 g/mol. The predicted molar refractivity (Wildman–Crippen MR) is 42.5 cm³/mol. The van der Waals surface area contributed by atoms with E-state index < -0.39 is 0 Å². The Morgan fingerprint density at radius 3 is 2.82 bits per heavy atom. The molecule has 2 atom stereocenters. The second-order valence-corrected chi connectivity index (χ2v) is 3.62. The number of hydrogen-bond acceptors (Lipinski definition) is 2. The molecule has 2 heteroatoms. The van der Waals surface area contributed by atoms with Gasteiger partial charge in [-0.05, 0) is 19.3 Å². The molecular weight excluding hydrogens is 140 g/mol. The zero-order valence-corrected chi connectivity index (χ0v) is 7.14. The fourth-order valence-electron chi connectivity index (χ4n) is 1.98. The second-order valence-electron chi connectivity index (χ2n) is 3.62. The lowest BCUT2D eigenvalue weighted by atomic mass is 9.86. The van der Waals surface area contributed by atoms with Gasteiger partial charge in [0.05, 0.1) is 18.8 Å². The van der Waals surface area contributed by atoms with Gasteiger partial charge in [-0.15, -0.1) is 0 Å². The number of hydrogen-bond donors (Lipinski definition) is 0. The summed E-state index contributed by atoms with van der Waals surface area (Å²) in [5.74, 6) is 0.682. The maximum absolute atomic E-state index is 5.50. The zero-order chi connectivity index (χ0) is 7.73. The van der Waals surface area contributed by atoms with Gasteiger partial charge in [0.1, 0.15) is 0 Å². The Labute approximate surface area is 67.9 Å². The topological polar surface area (TPSA) is 21.8 Å². The molecule has 11 heavy (non-hydrogen) atoms. The summed E-state index contributed by atoms with van der Waals surface area (Å²) < 4.78 is 10.9. The van der Waals surface area contributed by atoms with E-state index in [1.807, 2.05) is 0 Å². The zero-order valence-electron chi connectivity index (χ0n) is 7.14. The molecule has 0 bridgehead atoms. The average Bonchev–Trinajstić information content (AvgIpc) is 2.86. The third-order valence-corrected chi connectivity index (χ3v) is 3.02. The maximum Gasteiger partial charge on any atom is 0.0963 e. The summed E-state index contributed by atoms with van der Waals surface area (Å²) in [7, 11) is 0. The quantitative estimate of drug-likeness (QED) is 0.566.